The average Bonchev–Trinajstić information content (AvgIpc) is 3.18. The van der Waals surface area contributed by atoms with Gasteiger partial charge >= 0.3 is 11.9 Å². The van der Waals surface area contributed by atoms with Gasteiger partial charge in [0.25, 0.3) is 5.78 Å². The second-order valence-corrected chi connectivity index (χ2v) is 16.8. The van der Waals surface area contributed by atoms with Crippen molar-refractivity contribution in [3.63, 3.8) is 0 Å². The summed E-state index contributed by atoms with van der Waals surface area (Å²) in [5, 5.41) is 34.0. The van der Waals surface area contributed by atoms with Gasteiger partial charge in [0, 0.05) is 51.7 Å². The molecular weight excluding hydrogens is 722 g/mol. The Morgan fingerprint density at radius 2 is 1.59 bits per heavy atom. The number of fused-ring (bicyclic) bond motifs is 3. The summed E-state index contributed by atoms with van der Waals surface area (Å²) >= 11 is 0. The van der Waals surface area contributed by atoms with Crippen molar-refractivity contribution in [2.24, 2.45) is 29.6 Å². The molecule has 13 nitrogen and oxygen atoms in total. The lowest BCUT2D eigenvalue weighted by Crippen LogP contribution is -2.64. The second kappa shape index (κ2) is 20.3. The molecule has 3 N–H and O–H groups in total. The number of ether oxygens (including phenoxy) is 5. The predicted molar refractivity (Wildman–Crippen MR) is 208 cm³/mol. The summed E-state index contributed by atoms with van der Waals surface area (Å²) in [5.74, 6) is -7.80. The number of allylic oxidation sites excluding steroid dienone is 4. The molecule has 3 aliphatic heterocycles. The van der Waals surface area contributed by atoms with E-state index in [9.17, 15) is 34.5 Å². The number of aliphatic hydroxyl groups is 3. The van der Waals surface area contributed by atoms with Crippen LogP contribution in [-0.4, -0.2) is 120 Å². The summed E-state index contributed by atoms with van der Waals surface area (Å²) in [6, 6.07) is -1.22. The van der Waals surface area contributed by atoms with Crippen LogP contribution in [0.5, 0.6) is 0 Å². The average molecular weight is 790 g/mol. The van der Waals surface area contributed by atoms with E-state index < -0.39 is 83.9 Å². The normalized spacial score (nSPS) is 41.3. The number of methoxy groups -OCH3 is 3. The lowest BCUT2D eigenvalue weighted by atomic mass is 9.81. The molecule has 1 amide bonds. The first kappa shape index (κ1) is 45.9. The number of rotatable bonds is 6. The van der Waals surface area contributed by atoms with Crippen molar-refractivity contribution >= 4 is 23.4 Å². The summed E-state index contributed by atoms with van der Waals surface area (Å²) in [6.07, 6.45) is 5.75. The molecule has 1 aliphatic carbocycles. The van der Waals surface area contributed by atoms with E-state index >= 15 is 0 Å². The maximum absolute atomic E-state index is 14.2. The predicted octanol–water partition coefficient (Wildman–Crippen LogP) is 4.60. The zero-order valence-corrected chi connectivity index (χ0v) is 34.8. The zero-order valence-electron chi connectivity index (χ0n) is 34.8. The number of hydrogen-bond acceptors (Lipinski definition) is 12. The van der Waals surface area contributed by atoms with Crippen LogP contribution in [0.4, 0.5) is 0 Å². The van der Waals surface area contributed by atoms with Gasteiger partial charge in [-0.15, -0.1) is 0 Å². The maximum atomic E-state index is 14.2. The van der Waals surface area contributed by atoms with Gasteiger partial charge in [0.05, 0.1) is 30.5 Å². The molecular formula is C43H67NO12. The molecule has 13 heteroatoms. The van der Waals surface area contributed by atoms with Crippen LogP contribution in [-0.2, 0) is 42.9 Å². The topological polar surface area (TPSA) is 178 Å². The van der Waals surface area contributed by atoms with Crippen LogP contribution in [0.1, 0.15) is 106 Å². The molecule has 0 aromatic rings. The van der Waals surface area contributed by atoms with Crippen molar-refractivity contribution in [2.75, 3.05) is 21.3 Å². The van der Waals surface area contributed by atoms with E-state index in [-0.39, 0.29) is 43.0 Å². The smallest absolute Gasteiger partial charge is 0.329 e. The highest BCUT2D eigenvalue weighted by Crippen LogP contribution is 2.39. The molecule has 14 atom stereocenters. The van der Waals surface area contributed by atoms with Gasteiger partial charge in [-0.3, -0.25) is 19.3 Å². The largest absolute Gasteiger partial charge is 0.456 e. The molecule has 2 bridgehead atoms. The summed E-state index contributed by atoms with van der Waals surface area (Å²) in [6.45, 7) is 11.1. The summed E-state index contributed by atoms with van der Waals surface area (Å²) in [7, 11) is 4.60. The van der Waals surface area contributed by atoms with Gasteiger partial charge in [-0.2, -0.15) is 0 Å². The number of carbonyl (C=O) groups excluding carboxylic acids is 4. The van der Waals surface area contributed by atoms with Crippen LogP contribution in [0, 0.1) is 29.6 Å². The maximum Gasteiger partial charge on any atom is 0.329 e. The lowest BCUT2D eigenvalue weighted by Gasteiger charge is -2.46. The van der Waals surface area contributed by atoms with E-state index in [2.05, 4.69) is 0 Å². The molecule has 0 aromatic heterocycles. The van der Waals surface area contributed by atoms with Gasteiger partial charge in [-0.05, 0) is 89.0 Å². The third-order valence-corrected chi connectivity index (χ3v) is 12.6. The Balaban J connectivity index is 1.77. The van der Waals surface area contributed by atoms with Gasteiger partial charge in [0.15, 0.2) is 0 Å². The Morgan fingerprint density at radius 1 is 0.929 bits per heavy atom. The van der Waals surface area contributed by atoms with E-state index in [1.807, 2.05) is 32.9 Å². The van der Waals surface area contributed by atoms with Crippen molar-refractivity contribution in [1.29, 1.82) is 0 Å². The molecule has 0 spiro atoms. The van der Waals surface area contributed by atoms with Crippen LogP contribution in [0.25, 0.3) is 0 Å². The van der Waals surface area contributed by atoms with Crippen LogP contribution in [0.3, 0.4) is 0 Å². The van der Waals surface area contributed by atoms with E-state index in [0.717, 1.165) is 10.5 Å². The van der Waals surface area contributed by atoms with Crippen LogP contribution >= 0.6 is 0 Å². The number of aliphatic hydroxyl groups excluding tert-OH is 2. The molecule has 3 heterocycles. The van der Waals surface area contributed by atoms with Gasteiger partial charge in [0.1, 0.15) is 24.0 Å². The summed E-state index contributed by atoms with van der Waals surface area (Å²) in [4.78, 5) is 57.3. The molecule has 56 heavy (non-hydrogen) atoms. The third kappa shape index (κ3) is 10.6. The number of carbonyl (C=O) groups is 4. The van der Waals surface area contributed by atoms with Crippen molar-refractivity contribution in [3.8, 4) is 0 Å². The Morgan fingerprint density at radius 3 is 2.23 bits per heavy atom. The van der Waals surface area contributed by atoms with Crippen molar-refractivity contribution < 1.29 is 58.2 Å². The third-order valence-electron chi connectivity index (χ3n) is 12.6. The zero-order chi connectivity index (χ0) is 41.5. The molecule has 1 saturated carbocycles. The monoisotopic (exact) mass is 789 g/mol. The molecule has 316 valence electrons. The Kier molecular flexibility index (Phi) is 16.6. The van der Waals surface area contributed by atoms with E-state index in [4.69, 9.17) is 23.7 Å². The Labute approximate surface area is 332 Å². The number of cyclic esters (lactones) is 1. The second-order valence-electron chi connectivity index (χ2n) is 16.8. The fraction of sp³-hybridized carbons (Fsp3) is 0.767. The minimum atomic E-state index is -2.53. The first-order chi connectivity index (χ1) is 26.5. The SMILES string of the molecule is CCC1/C=C(/C)CC(C)CC(OC)C2OC(O)(C(=O)C(=O)N3C=CCCC3C(=O)OC(/C(C)=C/C3CCC(O)C(OC)C3)C(C)C(O)CC1=O)C(C)CC2OC. The lowest BCUT2D eigenvalue weighted by molar-refractivity contribution is -0.302. The molecule has 0 radical (unpaired) electrons. The fourth-order valence-electron chi connectivity index (χ4n) is 9.08. The number of esters is 1. The van der Waals surface area contributed by atoms with Crippen molar-refractivity contribution in [3.05, 3.63) is 35.6 Å². The van der Waals surface area contributed by atoms with Gasteiger partial charge in [-0.1, -0.05) is 51.5 Å². The molecule has 0 aromatic carbocycles. The van der Waals surface area contributed by atoms with Crippen LogP contribution < -0.4 is 0 Å². The first-order valence-corrected chi connectivity index (χ1v) is 20.5. The van der Waals surface area contributed by atoms with Crippen molar-refractivity contribution in [1.82, 2.24) is 4.90 Å². The van der Waals surface area contributed by atoms with Crippen LogP contribution in [0.15, 0.2) is 35.6 Å². The Bertz CT molecular complexity index is 1480. The molecule has 1 saturated heterocycles. The minimum absolute atomic E-state index is 0.0103. The van der Waals surface area contributed by atoms with Gasteiger partial charge in [-0.25, -0.2) is 4.79 Å². The Hall–Kier alpha value is -2.78. The summed E-state index contributed by atoms with van der Waals surface area (Å²) in [5.41, 5.74) is 1.64. The highest BCUT2D eigenvalue weighted by Gasteiger charge is 2.56. The highest BCUT2D eigenvalue weighted by molar-refractivity contribution is 6.39. The fourth-order valence-corrected chi connectivity index (χ4v) is 9.08. The van der Waals surface area contributed by atoms with Crippen molar-refractivity contribution in [2.45, 2.75) is 160 Å². The number of Topliss-reactive ketones (excluding diaryl/α,β-unsaturated/α-hetero) is 2. The number of ketones is 2. The van der Waals surface area contributed by atoms with E-state index in [1.165, 1.54) is 20.4 Å². The van der Waals surface area contributed by atoms with Crippen LogP contribution in [0.2, 0.25) is 0 Å². The summed E-state index contributed by atoms with van der Waals surface area (Å²) < 4.78 is 29.6. The number of amides is 1. The van der Waals surface area contributed by atoms with Gasteiger partial charge in [0.2, 0.25) is 5.79 Å². The molecule has 4 aliphatic rings. The highest BCUT2D eigenvalue weighted by atomic mass is 16.7. The standard InChI is InChI=1S/C43H67NO12/c1-10-30-18-24(2)17-25(3)19-36(53-8)39-37(54-9)21-27(5)43(51,56-39)40(48)41(49)44-16-12-11-13-31(44)42(50)55-38(28(6)33(46)23-34(30)47)26(4)20-29-14-15-32(45)35(22-29)52-7/h12,16,18,20,25,27-33,35-39,45-46,51H,10-11,13-15,17,19,21-23H2,1-9H3/b24-18-,26-20+. The van der Waals surface area contributed by atoms with E-state index in [1.54, 1.807) is 34.0 Å². The van der Waals surface area contributed by atoms with E-state index in [0.29, 0.717) is 50.5 Å². The number of hydrogen-bond donors (Lipinski definition) is 3. The number of nitrogens with zero attached hydrogens (tertiary/aromatic N) is 1. The molecule has 4 rings (SSSR count). The first-order valence-electron chi connectivity index (χ1n) is 20.5. The quantitative estimate of drug-likeness (QED) is 0.194. The molecule has 14 unspecified atom stereocenters. The molecule has 2 fully saturated rings. The minimum Gasteiger partial charge on any atom is -0.456 e. The van der Waals surface area contributed by atoms with Gasteiger partial charge < -0.3 is 39.0 Å².